The van der Waals surface area contributed by atoms with Crippen molar-refractivity contribution in [3.05, 3.63) is 30.1 Å². The van der Waals surface area contributed by atoms with E-state index in [-0.39, 0.29) is 17.5 Å². The van der Waals surface area contributed by atoms with Crippen molar-refractivity contribution < 1.29 is 8.42 Å². The first kappa shape index (κ1) is 13.1. The summed E-state index contributed by atoms with van der Waals surface area (Å²) in [6, 6.07) is 5.39. The number of nitrogen functional groups attached to an aromatic ring is 1. The van der Waals surface area contributed by atoms with Crippen LogP contribution in [0.3, 0.4) is 0 Å². The van der Waals surface area contributed by atoms with Crippen LogP contribution in [0.1, 0.15) is 18.2 Å². The second-order valence-corrected chi connectivity index (χ2v) is 7.32. The summed E-state index contributed by atoms with van der Waals surface area (Å²) in [5.41, 5.74) is 8.50. The zero-order valence-corrected chi connectivity index (χ0v) is 12.0. The minimum absolute atomic E-state index is 0.115. The standard InChI is InChI=1S/C13H16N4O2S/c1-9-11(3-2-5-15-9)12-7-13(14)17(16-12)10-4-6-20(18,19)8-10/h2-3,5,7,10H,4,6,8,14H2,1H3. The molecule has 0 radical (unpaired) electrons. The molecule has 1 unspecified atom stereocenters. The number of nitrogens with two attached hydrogens (primary N) is 1. The van der Waals surface area contributed by atoms with E-state index >= 15 is 0 Å². The van der Waals surface area contributed by atoms with Crippen LogP contribution >= 0.6 is 0 Å². The Morgan fingerprint density at radius 1 is 1.45 bits per heavy atom. The third-order valence-corrected chi connectivity index (χ3v) is 5.35. The van der Waals surface area contributed by atoms with Gasteiger partial charge in [0, 0.05) is 23.5 Å². The molecule has 3 rings (SSSR count). The van der Waals surface area contributed by atoms with Gasteiger partial charge in [-0.25, -0.2) is 13.1 Å². The summed E-state index contributed by atoms with van der Waals surface area (Å²) in [5.74, 6) is 0.813. The smallest absolute Gasteiger partial charge is 0.152 e. The highest BCUT2D eigenvalue weighted by Crippen LogP contribution is 2.29. The van der Waals surface area contributed by atoms with E-state index in [2.05, 4.69) is 10.1 Å². The van der Waals surface area contributed by atoms with E-state index in [1.54, 1.807) is 16.9 Å². The molecule has 1 aliphatic rings. The van der Waals surface area contributed by atoms with Gasteiger partial charge in [0.1, 0.15) is 5.82 Å². The van der Waals surface area contributed by atoms with Crippen LogP contribution in [0.4, 0.5) is 5.82 Å². The average molecular weight is 292 g/mol. The van der Waals surface area contributed by atoms with E-state index in [1.165, 1.54) is 0 Å². The lowest BCUT2D eigenvalue weighted by molar-refractivity contribution is 0.508. The minimum Gasteiger partial charge on any atom is -0.384 e. The van der Waals surface area contributed by atoms with Gasteiger partial charge in [-0.1, -0.05) is 0 Å². The molecule has 1 fully saturated rings. The van der Waals surface area contributed by atoms with Gasteiger partial charge in [-0.2, -0.15) is 5.10 Å². The summed E-state index contributed by atoms with van der Waals surface area (Å²) >= 11 is 0. The Labute approximate surface area is 117 Å². The monoisotopic (exact) mass is 292 g/mol. The van der Waals surface area contributed by atoms with Crippen molar-refractivity contribution >= 4 is 15.7 Å². The van der Waals surface area contributed by atoms with E-state index in [9.17, 15) is 8.42 Å². The largest absolute Gasteiger partial charge is 0.384 e. The fourth-order valence-corrected chi connectivity index (χ4v) is 4.25. The molecule has 6 nitrogen and oxygen atoms in total. The second-order valence-electron chi connectivity index (χ2n) is 5.09. The number of aromatic nitrogens is 3. The number of hydrogen-bond donors (Lipinski definition) is 1. The number of pyridine rings is 1. The molecule has 1 saturated heterocycles. The molecule has 0 aliphatic carbocycles. The molecular weight excluding hydrogens is 276 g/mol. The van der Waals surface area contributed by atoms with Crippen molar-refractivity contribution in [3.8, 4) is 11.3 Å². The number of anilines is 1. The quantitative estimate of drug-likeness (QED) is 0.898. The summed E-state index contributed by atoms with van der Waals surface area (Å²) in [7, 11) is -2.95. The molecule has 2 N–H and O–H groups in total. The zero-order chi connectivity index (χ0) is 14.3. The maximum absolute atomic E-state index is 11.6. The van der Waals surface area contributed by atoms with Crippen LogP contribution in [-0.2, 0) is 9.84 Å². The molecule has 0 amide bonds. The lowest BCUT2D eigenvalue weighted by atomic mass is 10.1. The van der Waals surface area contributed by atoms with Crippen molar-refractivity contribution in [2.24, 2.45) is 0 Å². The molecule has 1 aliphatic heterocycles. The van der Waals surface area contributed by atoms with Gasteiger partial charge in [-0.3, -0.25) is 4.98 Å². The first-order valence-corrected chi connectivity index (χ1v) is 8.26. The number of nitrogens with zero attached hydrogens (tertiary/aromatic N) is 3. The number of rotatable bonds is 2. The Kier molecular flexibility index (Phi) is 3.01. The summed E-state index contributed by atoms with van der Waals surface area (Å²) in [6.45, 7) is 1.91. The Morgan fingerprint density at radius 3 is 2.90 bits per heavy atom. The molecule has 2 aromatic rings. The van der Waals surface area contributed by atoms with E-state index in [0.29, 0.717) is 12.2 Å². The Hall–Kier alpha value is -1.89. The molecule has 20 heavy (non-hydrogen) atoms. The lowest BCUT2D eigenvalue weighted by Crippen LogP contribution is -2.14. The van der Waals surface area contributed by atoms with E-state index in [0.717, 1.165) is 17.0 Å². The highest BCUT2D eigenvalue weighted by molar-refractivity contribution is 7.91. The molecule has 0 aromatic carbocycles. The van der Waals surface area contributed by atoms with Crippen molar-refractivity contribution in [3.63, 3.8) is 0 Å². The highest BCUT2D eigenvalue weighted by atomic mass is 32.2. The topological polar surface area (TPSA) is 90.9 Å². The normalized spacial score (nSPS) is 21.1. The predicted molar refractivity (Wildman–Crippen MR) is 76.9 cm³/mol. The lowest BCUT2D eigenvalue weighted by Gasteiger charge is -2.10. The van der Waals surface area contributed by atoms with Crippen molar-refractivity contribution in [1.82, 2.24) is 14.8 Å². The number of sulfone groups is 1. The second kappa shape index (κ2) is 4.59. The molecule has 1 atom stereocenters. The molecule has 0 bridgehead atoms. The molecule has 2 aromatic heterocycles. The van der Waals surface area contributed by atoms with Crippen LogP contribution in [0.2, 0.25) is 0 Å². The SMILES string of the molecule is Cc1ncccc1-c1cc(N)n(C2CCS(=O)(=O)C2)n1. The van der Waals surface area contributed by atoms with Crippen molar-refractivity contribution in [1.29, 1.82) is 0 Å². The summed E-state index contributed by atoms with van der Waals surface area (Å²) in [5, 5.41) is 4.48. The maximum atomic E-state index is 11.6. The molecule has 0 spiro atoms. The molecular formula is C13H16N4O2S. The maximum Gasteiger partial charge on any atom is 0.152 e. The third kappa shape index (κ3) is 2.29. The van der Waals surface area contributed by atoms with Gasteiger partial charge in [0.2, 0.25) is 0 Å². The summed E-state index contributed by atoms with van der Waals surface area (Å²) in [6.07, 6.45) is 2.29. The molecule has 3 heterocycles. The third-order valence-electron chi connectivity index (χ3n) is 3.60. The summed E-state index contributed by atoms with van der Waals surface area (Å²) in [4.78, 5) is 4.23. The predicted octanol–water partition coefficient (Wildman–Crippen LogP) is 1.20. The fraction of sp³-hybridized carbons (Fsp3) is 0.385. The van der Waals surface area contributed by atoms with Gasteiger partial charge in [-0.15, -0.1) is 0 Å². The van der Waals surface area contributed by atoms with Gasteiger partial charge in [0.25, 0.3) is 0 Å². The Balaban J connectivity index is 1.98. The van der Waals surface area contributed by atoms with E-state index in [1.807, 2.05) is 19.1 Å². The van der Waals surface area contributed by atoms with Gasteiger partial charge >= 0.3 is 0 Å². The van der Waals surface area contributed by atoms with Crippen LogP contribution in [0, 0.1) is 6.92 Å². The van der Waals surface area contributed by atoms with Crippen LogP contribution in [0.15, 0.2) is 24.4 Å². The Bertz CT molecular complexity index is 751. The average Bonchev–Trinajstić information content (AvgIpc) is 2.93. The van der Waals surface area contributed by atoms with E-state index < -0.39 is 9.84 Å². The van der Waals surface area contributed by atoms with Crippen LogP contribution < -0.4 is 5.73 Å². The van der Waals surface area contributed by atoms with Gasteiger partial charge < -0.3 is 5.73 Å². The molecule has 0 saturated carbocycles. The molecule has 106 valence electrons. The Morgan fingerprint density at radius 2 is 2.25 bits per heavy atom. The van der Waals surface area contributed by atoms with Crippen LogP contribution in [0.25, 0.3) is 11.3 Å². The van der Waals surface area contributed by atoms with Crippen LogP contribution in [-0.4, -0.2) is 34.7 Å². The number of hydrogen-bond acceptors (Lipinski definition) is 5. The van der Waals surface area contributed by atoms with Crippen LogP contribution in [0.5, 0.6) is 0 Å². The van der Waals surface area contributed by atoms with Crippen molar-refractivity contribution in [2.75, 3.05) is 17.2 Å². The van der Waals surface area contributed by atoms with Gasteiger partial charge in [0.15, 0.2) is 9.84 Å². The van der Waals surface area contributed by atoms with Gasteiger partial charge in [-0.05, 0) is 25.5 Å². The molecule has 7 heteroatoms. The number of aryl methyl sites for hydroxylation is 1. The van der Waals surface area contributed by atoms with E-state index in [4.69, 9.17) is 5.73 Å². The summed E-state index contributed by atoms with van der Waals surface area (Å²) < 4.78 is 24.8. The zero-order valence-electron chi connectivity index (χ0n) is 11.2. The van der Waals surface area contributed by atoms with Gasteiger partial charge in [0.05, 0.1) is 23.2 Å². The van der Waals surface area contributed by atoms with Crippen molar-refractivity contribution in [2.45, 2.75) is 19.4 Å². The fourth-order valence-electron chi connectivity index (χ4n) is 2.56. The first-order valence-electron chi connectivity index (χ1n) is 6.44. The minimum atomic E-state index is -2.95. The first-order chi connectivity index (χ1) is 9.46. The highest BCUT2D eigenvalue weighted by Gasteiger charge is 2.31.